The van der Waals surface area contributed by atoms with Gasteiger partial charge in [0, 0.05) is 26.8 Å². The smallest absolute Gasteiger partial charge is 0.317 e. The van der Waals surface area contributed by atoms with Crippen molar-refractivity contribution in [2.75, 3.05) is 33.4 Å². The Morgan fingerprint density at radius 1 is 1.50 bits per heavy atom. The standard InChI is InChI=1S/C11H24N2O3/c1-5-13(9-11(2,3)15)10(14)12-7-6-8-16-4/h15H,5-9H2,1-4H3,(H,12,14). The molecule has 0 aliphatic rings. The van der Waals surface area contributed by atoms with Crippen molar-refractivity contribution in [1.29, 1.82) is 0 Å². The van der Waals surface area contributed by atoms with E-state index in [1.807, 2.05) is 6.92 Å². The molecule has 5 heteroatoms. The van der Waals surface area contributed by atoms with Crippen molar-refractivity contribution in [3.8, 4) is 0 Å². The fourth-order valence-corrected chi connectivity index (χ4v) is 1.32. The van der Waals surface area contributed by atoms with Gasteiger partial charge in [-0.2, -0.15) is 0 Å². The van der Waals surface area contributed by atoms with Gasteiger partial charge in [0.25, 0.3) is 0 Å². The van der Waals surface area contributed by atoms with E-state index in [-0.39, 0.29) is 6.03 Å². The molecular weight excluding hydrogens is 208 g/mol. The first-order valence-electron chi connectivity index (χ1n) is 5.64. The number of methoxy groups -OCH3 is 1. The highest BCUT2D eigenvalue weighted by atomic mass is 16.5. The van der Waals surface area contributed by atoms with Crippen molar-refractivity contribution >= 4 is 6.03 Å². The summed E-state index contributed by atoms with van der Waals surface area (Å²) in [6.45, 7) is 7.41. The second-order valence-electron chi connectivity index (χ2n) is 4.40. The maximum absolute atomic E-state index is 11.7. The normalized spacial score (nSPS) is 11.3. The predicted molar refractivity (Wildman–Crippen MR) is 63.4 cm³/mol. The minimum absolute atomic E-state index is 0.138. The molecule has 0 rings (SSSR count). The molecule has 0 unspecified atom stereocenters. The van der Waals surface area contributed by atoms with Gasteiger partial charge in [-0.3, -0.25) is 0 Å². The molecule has 0 radical (unpaired) electrons. The molecular formula is C11H24N2O3. The number of likely N-dealkylation sites (N-methyl/N-ethyl adjacent to an activating group) is 1. The van der Waals surface area contributed by atoms with Crippen LogP contribution in [0.25, 0.3) is 0 Å². The van der Waals surface area contributed by atoms with Gasteiger partial charge in [-0.1, -0.05) is 0 Å². The van der Waals surface area contributed by atoms with Gasteiger partial charge in [0.2, 0.25) is 0 Å². The highest BCUT2D eigenvalue weighted by molar-refractivity contribution is 5.74. The summed E-state index contributed by atoms with van der Waals surface area (Å²) >= 11 is 0. The van der Waals surface area contributed by atoms with Gasteiger partial charge >= 0.3 is 6.03 Å². The zero-order valence-electron chi connectivity index (χ0n) is 10.7. The van der Waals surface area contributed by atoms with Crippen LogP contribution in [-0.4, -0.2) is 55.0 Å². The fourth-order valence-electron chi connectivity index (χ4n) is 1.32. The summed E-state index contributed by atoms with van der Waals surface area (Å²) in [5, 5.41) is 12.4. The number of nitrogens with zero attached hydrogens (tertiary/aromatic N) is 1. The molecule has 0 aromatic carbocycles. The molecule has 0 fully saturated rings. The number of ether oxygens (including phenoxy) is 1. The largest absolute Gasteiger partial charge is 0.389 e. The first kappa shape index (κ1) is 15.2. The van der Waals surface area contributed by atoms with Gasteiger partial charge in [0.1, 0.15) is 0 Å². The van der Waals surface area contributed by atoms with E-state index in [1.165, 1.54) is 0 Å². The lowest BCUT2D eigenvalue weighted by Gasteiger charge is -2.28. The minimum atomic E-state index is -0.861. The van der Waals surface area contributed by atoms with Crippen LogP contribution < -0.4 is 5.32 Å². The molecule has 0 saturated carbocycles. The molecule has 96 valence electrons. The molecule has 2 N–H and O–H groups in total. The molecule has 0 aromatic heterocycles. The molecule has 0 aromatic rings. The van der Waals surface area contributed by atoms with Gasteiger partial charge < -0.3 is 20.1 Å². The lowest BCUT2D eigenvalue weighted by molar-refractivity contribution is 0.0479. The number of urea groups is 1. The van der Waals surface area contributed by atoms with E-state index in [9.17, 15) is 9.90 Å². The van der Waals surface area contributed by atoms with Gasteiger partial charge in [0.15, 0.2) is 0 Å². The number of amides is 2. The number of hydrogen-bond donors (Lipinski definition) is 2. The van der Waals surface area contributed by atoms with Gasteiger partial charge in [0.05, 0.1) is 12.1 Å². The summed E-state index contributed by atoms with van der Waals surface area (Å²) in [6.07, 6.45) is 0.794. The van der Waals surface area contributed by atoms with Gasteiger partial charge in [-0.05, 0) is 27.2 Å². The molecule has 0 heterocycles. The third kappa shape index (κ3) is 7.48. The number of aliphatic hydroxyl groups is 1. The van der Waals surface area contributed by atoms with Crippen molar-refractivity contribution in [1.82, 2.24) is 10.2 Å². The van der Waals surface area contributed by atoms with Crippen LogP contribution in [0.3, 0.4) is 0 Å². The molecule has 16 heavy (non-hydrogen) atoms. The van der Waals surface area contributed by atoms with Gasteiger partial charge in [-0.25, -0.2) is 4.79 Å². The molecule has 0 atom stereocenters. The van der Waals surface area contributed by atoms with Crippen molar-refractivity contribution in [2.24, 2.45) is 0 Å². The SMILES string of the molecule is CCN(CC(C)(C)O)C(=O)NCCCOC. The predicted octanol–water partition coefficient (Wildman–Crippen LogP) is 0.825. The first-order valence-corrected chi connectivity index (χ1v) is 5.64. The number of hydrogen-bond acceptors (Lipinski definition) is 3. The second-order valence-corrected chi connectivity index (χ2v) is 4.40. The van der Waals surface area contributed by atoms with Crippen LogP contribution in [0.4, 0.5) is 4.79 Å². The Kier molecular flexibility index (Phi) is 7.08. The van der Waals surface area contributed by atoms with Gasteiger partial charge in [-0.15, -0.1) is 0 Å². The van der Waals surface area contributed by atoms with Crippen LogP contribution in [0.1, 0.15) is 27.2 Å². The monoisotopic (exact) mass is 232 g/mol. The lowest BCUT2D eigenvalue weighted by Crippen LogP contribution is -2.47. The average molecular weight is 232 g/mol. The zero-order chi connectivity index (χ0) is 12.6. The highest BCUT2D eigenvalue weighted by Gasteiger charge is 2.20. The summed E-state index contributed by atoms with van der Waals surface area (Å²) in [7, 11) is 1.63. The Labute approximate surface area is 97.8 Å². The number of nitrogens with one attached hydrogen (secondary N) is 1. The molecule has 0 spiro atoms. The Bertz CT molecular complexity index is 202. The summed E-state index contributed by atoms with van der Waals surface area (Å²) in [6, 6.07) is -0.138. The minimum Gasteiger partial charge on any atom is -0.389 e. The Morgan fingerprint density at radius 3 is 2.56 bits per heavy atom. The molecule has 0 aliphatic heterocycles. The lowest BCUT2D eigenvalue weighted by atomic mass is 10.1. The third-order valence-electron chi connectivity index (χ3n) is 2.05. The van der Waals surface area contributed by atoms with E-state index >= 15 is 0 Å². The number of carbonyl (C=O) groups is 1. The third-order valence-corrected chi connectivity index (χ3v) is 2.05. The van der Waals surface area contributed by atoms with Crippen LogP contribution in [0, 0.1) is 0 Å². The number of rotatable bonds is 7. The van der Waals surface area contributed by atoms with E-state index in [4.69, 9.17) is 4.74 Å². The van der Waals surface area contributed by atoms with E-state index in [0.717, 1.165) is 6.42 Å². The van der Waals surface area contributed by atoms with Crippen LogP contribution in [0.15, 0.2) is 0 Å². The first-order chi connectivity index (χ1) is 7.40. The van der Waals surface area contributed by atoms with Crippen LogP contribution in [-0.2, 0) is 4.74 Å². The van der Waals surface area contributed by atoms with Crippen molar-refractivity contribution in [3.05, 3.63) is 0 Å². The van der Waals surface area contributed by atoms with Crippen LogP contribution in [0.2, 0.25) is 0 Å². The summed E-state index contributed by atoms with van der Waals surface area (Å²) in [4.78, 5) is 13.3. The molecule has 0 bridgehead atoms. The van der Waals surface area contributed by atoms with Crippen LogP contribution >= 0.6 is 0 Å². The summed E-state index contributed by atoms with van der Waals surface area (Å²) in [5.74, 6) is 0. The molecule has 2 amide bonds. The fraction of sp³-hybridized carbons (Fsp3) is 0.909. The Hall–Kier alpha value is -0.810. The van der Waals surface area contributed by atoms with E-state index in [2.05, 4.69) is 5.32 Å². The average Bonchev–Trinajstić information content (AvgIpc) is 2.19. The van der Waals surface area contributed by atoms with E-state index in [1.54, 1.807) is 25.9 Å². The van der Waals surface area contributed by atoms with Crippen molar-refractivity contribution < 1.29 is 14.6 Å². The molecule has 0 saturated heterocycles. The molecule has 5 nitrogen and oxygen atoms in total. The maximum atomic E-state index is 11.7. The quantitative estimate of drug-likeness (QED) is 0.639. The maximum Gasteiger partial charge on any atom is 0.317 e. The van der Waals surface area contributed by atoms with Crippen LogP contribution in [0.5, 0.6) is 0 Å². The second kappa shape index (κ2) is 7.46. The summed E-state index contributed by atoms with van der Waals surface area (Å²) in [5.41, 5.74) is -0.861. The van der Waals surface area contributed by atoms with E-state index < -0.39 is 5.60 Å². The topological polar surface area (TPSA) is 61.8 Å². The zero-order valence-corrected chi connectivity index (χ0v) is 10.7. The summed E-state index contributed by atoms with van der Waals surface area (Å²) < 4.78 is 4.89. The number of carbonyl (C=O) groups excluding carboxylic acids is 1. The van der Waals surface area contributed by atoms with Crippen molar-refractivity contribution in [2.45, 2.75) is 32.8 Å². The van der Waals surface area contributed by atoms with E-state index in [0.29, 0.717) is 26.2 Å². The Morgan fingerprint density at radius 2 is 2.12 bits per heavy atom. The molecule has 0 aliphatic carbocycles. The highest BCUT2D eigenvalue weighted by Crippen LogP contribution is 2.04. The Balaban J connectivity index is 3.92. The van der Waals surface area contributed by atoms with Crippen molar-refractivity contribution in [3.63, 3.8) is 0 Å².